The molecule has 8 heteroatoms. The van der Waals surface area contributed by atoms with Crippen molar-refractivity contribution < 1.29 is 19.2 Å². The zero-order valence-corrected chi connectivity index (χ0v) is 17.4. The number of hydrogen-bond donors (Lipinski definition) is 1. The van der Waals surface area contributed by atoms with Gasteiger partial charge in [0.05, 0.1) is 10.6 Å². The van der Waals surface area contributed by atoms with Gasteiger partial charge in [-0.25, -0.2) is 0 Å². The summed E-state index contributed by atoms with van der Waals surface area (Å²) in [7, 11) is 0. The number of carbonyl (C=O) groups excluding carboxylic acids is 2. The van der Waals surface area contributed by atoms with Gasteiger partial charge in [0.2, 0.25) is 0 Å². The minimum atomic E-state index is -0.598. The van der Waals surface area contributed by atoms with Crippen molar-refractivity contribution in [3.05, 3.63) is 94.0 Å². The third-order valence-corrected chi connectivity index (χ3v) is 5.23. The summed E-state index contributed by atoms with van der Waals surface area (Å²) < 4.78 is 5.74. The quantitative estimate of drug-likeness (QED) is 0.465. The van der Waals surface area contributed by atoms with Crippen LogP contribution in [-0.2, 0) is 11.2 Å². The van der Waals surface area contributed by atoms with E-state index < -0.39 is 16.9 Å². The molecule has 0 bridgehead atoms. The van der Waals surface area contributed by atoms with Gasteiger partial charge in [0.1, 0.15) is 5.75 Å². The first kappa shape index (κ1) is 21.0. The number of carbonyl (C=O) groups is 2. The molecule has 1 heterocycles. The lowest BCUT2D eigenvalue weighted by Crippen LogP contribution is -2.45. The SMILES string of the molecule is CC1Oc2ccc(NC(=O)c3ccc([N+](=O)[O-])cc3)cc2N(CCc2ccccc2)C1=O. The van der Waals surface area contributed by atoms with Gasteiger partial charge < -0.3 is 15.0 Å². The molecule has 4 rings (SSSR count). The van der Waals surface area contributed by atoms with Crippen molar-refractivity contribution in [1.29, 1.82) is 0 Å². The number of nitro groups is 1. The third kappa shape index (κ3) is 4.44. The normalized spacial score (nSPS) is 15.0. The van der Waals surface area contributed by atoms with E-state index in [2.05, 4.69) is 5.32 Å². The molecule has 1 unspecified atom stereocenters. The number of non-ortho nitro benzene ring substituents is 1. The van der Waals surface area contributed by atoms with Crippen LogP contribution in [0.15, 0.2) is 72.8 Å². The Balaban J connectivity index is 1.54. The highest BCUT2D eigenvalue weighted by molar-refractivity contribution is 6.05. The smallest absolute Gasteiger partial charge is 0.269 e. The minimum absolute atomic E-state index is 0.0887. The summed E-state index contributed by atoms with van der Waals surface area (Å²) in [4.78, 5) is 37.3. The molecule has 2 amide bonds. The lowest BCUT2D eigenvalue weighted by molar-refractivity contribution is -0.384. The number of anilines is 2. The van der Waals surface area contributed by atoms with Crippen LogP contribution < -0.4 is 15.0 Å². The van der Waals surface area contributed by atoms with Crippen molar-refractivity contribution in [3.8, 4) is 5.75 Å². The first-order valence-corrected chi connectivity index (χ1v) is 10.1. The van der Waals surface area contributed by atoms with Crippen LogP contribution >= 0.6 is 0 Å². The Bertz CT molecular complexity index is 1160. The van der Waals surface area contributed by atoms with Crippen LogP contribution in [-0.4, -0.2) is 29.4 Å². The number of fused-ring (bicyclic) bond motifs is 1. The Morgan fingerprint density at radius 2 is 1.81 bits per heavy atom. The molecule has 8 nitrogen and oxygen atoms in total. The zero-order valence-electron chi connectivity index (χ0n) is 17.4. The standard InChI is InChI=1S/C24H21N3O5/c1-16-24(29)26(14-13-17-5-3-2-4-6-17)21-15-19(9-12-22(21)32-16)25-23(28)18-7-10-20(11-8-18)27(30)31/h2-12,15-16H,13-14H2,1H3,(H,25,28). The maximum atomic E-state index is 12.8. The van der Waals surface area contributed by atoms with Gasteiger partial charge in [-0.2, -0.15) is 0 Å². The Morgan fingerprint density at radius 1 is 1.09 bits per heavy atom. The Labute approximate surface area is 184 Å². The van der Waals surface area contributed by atoms with Crippen LogP contribution in [0.4, 0.5) is 17.1 Å². The fourth-order valence-electron chi connectivity index (χ4n) is 3.54. The number of ether oxygens (including phenoxy) is 1. The van der Waals surface area contributed by atoms with Gasteiger partial charge >= 0.3 is 0 Å². The number of benzene rings is 3. The second-order valence-electron chi connectivity index (χ2n) is 7.43. The molecule has 1 aliphatic rings. The van der Waals surface area contributed by atoms with Crippen LogP contribution in [0.3, 0.4) is 0 Å². The fourth-order valence-corrected chi connectivity index (χ4v) is 3.54. The van der Waals surface area contributed by atoms with Crippen LogP contribution in [0, 0.1) is 10.1 Å². The first-order chi connectivity index (χ1) is 15.4. The average molecular weight is 431 g/mol. The van der Waals surface area contributed by atoms with Gasteiger partial charge in [0.25, 0.3) is 17.5 Å². The van der Waals surface area contributed by atoms with Crippen molar-refractivity contribution in [2.24, 2.45) is 0 Å². The highest BCUT2D eigenvalue weighted by Gasteiger charge is 2.31. The summed E-state index contributed by atoms with van der Waals surface area (Å²) >= 11 is 0. The molecule has 32 heavy (non-hydrogen) atoms. The molecule has 162 valence electrons. The highest BCUT2D eigenvalue weighted by Crippen LogP contribution is 2.36. The van der Waals surface area contributed by atoms with Gasteiger partial charge in [0, 0.05) is 29.9 Å². The Hall–Kier alpha value is -4.20. The van der Waals surface area contributed by atoms with E-state index in [0.717, 1.165) is 5.56 Å². The zero-order chi connectivity index (χ0) is 22.7. The average Bonchev–Trinajstić information content (AvgIpc) is 2.80. The van der Waals surface area contributed by atoms with E-state index in [1.165, 1.54) is 24.3 Å². The number of hydrogen-bond acceptors (Lipinski definition) is 5. The molecular formula is C24H21N3O5. The summed E-state index contributed by atoms with van der Waals surface area (Å²) in [5.74, 6) is 0.0119. The summed E-state index contributed by atoms with van der Waals surface area (Å²) in [5.41, 5.74) is 2.39. The summed E-state index contributed by atoms with van der Waals surface area (Å²) in [6.45, 7) is 2.19. The van der Waals surface area contributed by atoms with Crippen LogP contribution in [0.25, 0.3) is 0 Å². The van der Waals surface area contributed by atoms with E-state index in [1.807, 2.05) is 30.3 Å². The Kier molecular flexibility index (Phi) is 5.85. The molecule has 0 radical (unpaired) electrons. The number of amides is 2. The number of nitrogens with one attached hydrogen (secondary N) is 1. The molecule has 1 aliphatic heterocycles. The topological polar surface area (TPSA) is 102 Å². The first-order valence-electron chi connectivity index (χ1n) is 10.1. The van der Waals surface area contributed by atoms with Crippen molar-refractivity contribution in [1.82, 2.24) is 0 Å². The maximum absolute atomic E-state index is 12.8. The molecule has 3 aromatic rings. The van der Waals surface area contributed by atoms with Crippen molar-refractivity contribution >= 4 is 28.9 Å². The molecule has 0 aliphatic carbocycles. The van der Waals surface area contributed by atoms with E-state index in [1.54, 1.807) is 30.0 Å². The molecule has 1 atom stereocenters. The van der Waals surface area contributed by atoms with E-state index in [-0.39, 0.29) is 17.2 Å². The summed E-state index contributed by atoms with van der Waals surface area (Å²) in [6, 6.07) is 20.3. The molecule has 0 aromatic heterocycles. The van der Waals surface area contributed by atoms with E-state index in [9.17, 15) is 19.7 Å². The number of nitrogens with zero attached hydrogens (tertiary/aromatic N) is 2. The molecule has 3 aromatic carbocycles. The lowest BCUT2D eigenvalue weighted by Gasteiger charge is -2.33. The van der Waals surface area contributed by atoms with Crippen LogP contribution in [0.2, 0.25) is 0 Å². The predicted molar refractivity (Wildman–Crippen MR) is 120 cm³/mol. The second-order valence-corrected chi connectivity index (χ2v) is 7.43. The van der Waals surface area contributed by atoms with Crippen molar-refractivity contribution in [2.45, 2.75) is 19.4 Å². The third-order valence-electron chi connectivity index (χ3n) is 5.23. The van der Waals surface area contributed by atoms with Gasteiger partial charge in [-0.15, -0.1) is 0 Å². The second kappa shape index (κ2) is 8.89. The van der Waals surface area contributed by atoms with Gasteiger partial charge in [0.15, 0.2) is 6.10 Å². The summed E-state index contributed by atoms with van der Waals surface area (Å²) in [5, 5.41) is 13.6. The van der Waals surface area contributed by atoms with Gasteiger partial charge in [-0.3, -0.25) is 19.7 Å². The van der Waals surface area contributed by atoms with Gasteiger partial charge in [-0.1, -0.05) is 30.3 Å². The largest absolute Gasteiger partial charge is 0.479 e. The molecule has 1 N–H and O–H groups in total. The van der Waals surface area contributed by atoms with Crippen molar-refractivity contribution in [3.63, 3.8) is 0 Å². The monoisotopic (exact) mass is 431 g/mol. The van der Waals surface area contributed by atoms with E-state index >= 15 is 0 Å². The lowest BCUT2D eigenvalue weighted by atomic mass is 10.1. The number of rotatable bonds is 6. The van der Waals surface area contributed by atoms with Crippen molar-refractivity contribution in [2.75, 3.05) is 16.8 Å². The molecule has 0 saturated carbocycles. The summed E-state index contributed by atoms with van der Waals surface area (Å²) in [6.07, 6.45) is 0.0804. The van der Waals surface area contributed by atoms with E-state index in [4.69, 9.17) is 4.74 Å². The Morgan fingerprint density at radius 3 is 2.50 bits per heavy atom. The fraction of sp³-hybridized carbons (Fsp3) is 0.167. The van der Waals surface area contributed by atoms with Crippen LogP contribution in [0.5, 0.6) is 5.75 Å². The minimum Gasteiger partial charge on any atom is -0.479 e. The maximum Gasteiger partial charge on any atom is 0.269 e. The van der Waals surface area contributed by atoms with Gasteiger partial charge in [-0.05, 0) is 49.2 Å². The number of nitro benzene ring substituents is 1. The van der Waals surface area contributed by atoms with Crippen LogP contribution in [0.1, 0.15) is 22.8 Å². The molecule has 0 saturated heterocycles. The molecular weight excluding hydrogens is 410 g/mol. The van der Waals surface area contributed by atoms with E-state index in [0.29, 0.717) is 30.1 Å². The predicted octanol–water partition coefficient (Wildman–Crippen LogP) is 4.20. The molecule has 0 fully saturated rings. The highest BCUT2D eigenvalue weighted by atomic mass is 16.6. The molecule has 0 spiro atoms.